The van der Waals surface area contributed by atoms with Gasteiger partial charge in [-0.05, 0) is 24.3 Å². The first kappa shape index (κ1) is 43.5. The normalized spacial score (nSPS) is 11.5. The Balaban J connectivity index is 0.000000186. The molecule has 0 amide bonds. The van der Waals surface area contributed by atoms with E-state index in [1.54, 1.807) is 54.8 Å². The molecule has 0 bridgehead atoms. The van der Waals surface area contributed by atoms with Crippen LogP contribution in [0.2, 0.25) is 20.1 Å². The molecule has 21 heteroatoms. The van der Waals surface area contributed by atoms with E-state index >= 15 is 0 Å². The maximum atomic E-state index is 13.2. The number of rotatable bonds is 10. The number of aromatic nitrogens is 10. The number of nitrogens with zero attached hydrogens (tertiary/aromatic N) is 10. The average molecular weight is 921 g/mol. The topological polar surface area (TPSA) is 187 Å². The van der Waals surface area contributed by atoms with Crippen molar-refractivity contribution < 1.29 is 41.9 Å². The number of methoxy groups -OCH3 is 2. The summed E-state index contributed by atoms with van der Waals surface area (Å²) in [4.78, 5) is 21.5. The van der Waals surface area contributed by atoms with Crippen LogP contribution in [0.15, 0.2) is 85.5 Å². The Hall–Kier alpha value is -5.07. The molecule has 0 aliphatic rings. The summed E-state index contributed by atoms with van der Waals surface area (Å²) in [5.41, 5.74) is 5.67. The van der Waals surface area contributed by atoms with E-state index in [1.165, 1.54) is 29.1 Å². The van der Waals surface area contributed by atoms with Crippen LogP contribution in [0.3, 0.4) is 0 Å². The van der Waals surface area contributed by atoms with Gasteiger partial charge in [-0.1, -0.05) is 94.9 Å². The van der Waals surface area contributed by atoms with Gasteiger partial charge >= 0.3 is 22.5 Å². The SMILES string of the molecule is COCn1ncnc1C(=O)c1c2cccc(-c3ccc(Cl)cc3Cl)c2nn1C.COCn1ncnc1C(O)c1c2cccc(-c3ccc(Cl)cc3Cl)c2nn1C.[O]=[Mn]=[O]. The predicted octanol–water partition coefficient (Wildman–Crippen LogP) is 7.56. The third-order valence-electron chi connectivity index (χ3n) is 8.90. The van der Waals surface area contributed by atoms with E-state index < -0.39 is 20.9 Å². The van der Waals surface area contributed by atoms with Crippen LogP contribution in [0.25, 0.3) is 44.1 Å². The summed E-state index contributed by atoms with van der Waals surface area (Å²) in [6.45, 7) is 0.316. The second-order valence-corrected chi connectivity index (χ2v) is 14.3. The van der Waals surface area contributed by atoms with Crippen LogP contribution in [0, 0.1) is 0 Å². The number of hydrogen-bond donors (Lipinski definition) is 1. The van der Waals surface area contributed by atoms with Crippen molar-refractivity contribution in [2.24, 2.45) is 14.1 Å². The summed E-state index contributed by atoms with van der Waals surface area (Å²) >= 11 is 23.4. The molecule has 0 spiro atoms. The Morgan fingerprint density at radius 3 is 1.80 bits per heavy atom. The van der Waals surface area contributed by atoms with Crippen LogP contribution in [-0.2, 0) is 59.5 Å². The molecule has 0 radical (unpaired) electrons. The Kier molecular flexibility index (Phi) is 14.3. The van der Waals surface area contributed by atoms with Gasteiger partial charge in [-0.2, -0.15) is 20.4 Å². The fourth-order valence-electron chi connectivity index (χ4n) is 6.49. The van der Waals surface area contributed by atoms with Gasteiger partial charge in [-0.15, -0.1) is 0 Å². The third-order valence-corrected chi connectivity index (χ3v) is 10.00. The number of ether oxygens (including phenoxy) is 2. The minimum absolute atomic E-state index is 0.127. The molecule has 0 aliphatic carbocycles. The zero-order chi connectivity index (χ0) is 42.4. The Bertz CT molecular complexity index is 2830. The van der Waals surface area contributed by atoms with Gasteiger partial charge in [0, 0.05) is 81.4 Å². The van der Waals surface area contributed by atoms with Crippen molar-refractivity contribution in [3.63, 3.8) is 0 Å². The second-order valence-electron chi connectivity index (χ2n) is 12.5. The fourth-order valence-corrected chi connectivity index (χ4v) is 7.51. The molecule has 0 fully saturated rings. The number of carbonyl (C=O) groups excluding carboxylic acids is 1. The van der Waals surface area contributed by atoms with Crippen LogP contribution in [0.1, 0.15) is 33.9 Å². The van der Waals surface area contributed by atoms with Crippen molar-refractivity contribution in [1.82, 2.24) is 49.1 Å². The molecule has 0 saturated heterocycles. The summed E-state index contributed by atoms with van der Waals surface area (Å²) in [7, 11) is 6.58. The molecule has 0 saturated carbocycles. The molecule has 305 valence electrons. The van der Waals surface area contributed by atoms with Crippen LogP contribution in [0.5, 0.6) is 0 Å². The van der Waals surface area contributed by atoms with Crippen LogP contribution in [0.4, 0.5) is 0 Å². The Morgan fingerprint density at radius 2 is 1.22 bits per heavy atom. The molecule has 1 unspecified atom stereocenters. The van der Waals surface area contributed by atoms with Crippen LogP contribution < -0.4 is 0 Å². The van der Waals surface area contributed by atoms with Gasteiger partial charge in [-0.25, -0.2) is 19.3 Å². The standard InChI is InChI=1S/C19H17Cl2N5O2.C19H15Cl2N5O2.Mn.2O/c2*1-25-17(18(27)19-22-9-23-26(19)10-28-2)14-5-3-4-13(16(14)24-25)12-7-6-11(20)8-15(12)21;;;/h3-9,18,27H,10H2,1-2H3;3-9H,10H2,1-2H3;;;. The maximum absolute atomic E-state index is 13.2. The summed E-state index contributed by atoms with van der Waals surface area (Å²) in [5, 5.41) is 32.0. The molecule has 16 nitrogen and oxygen atoms in total. The molecule has 1 N–H and O–H groups in total. The third kappa shape index (κ3) is 9.08. The van der Waals surface area contributed by atoms with Gasteiger partial charge in [0.05, 0.1) is 5.69 Å². The second kappa shape index (κ2) is 19.3. The number of aliphatic hydroxyl groups excluding tert-OH is 1. The van der Waals surface area contributed by atoms with Gasteiger partial charge in [0.25, 0.3) is 0 Å². The van der Waals surface area contributed by atoms with Crippen molar-refractivity contribution in [3.05, 3.63) is 129 Å². The molecule has 8 aromatic rings. The monoisotopic (exact) mass is 919 g/mol. The molecule has 8 rings (SSSR count). The van der Waals surface area contributed by atoms with Crippen molar-refractivity contribution >= 4 is 74.0 Å². The molecule has 4 heterocycles. The van der Waals surface area contributed by atoms with E-state index in [9.17, 15) is 9.90 Å². The molecule has 0 aliphatic heterocycles. The molecular formula is C38H32Cl4MnN10O6. The molecule has 1 atom stereocenters. The van der Waals surface area contributed by atoms with Crippen molar-refractivity contribution in [1.29, 1.82) is 0 Å². The molecule has 59 heavy (non-hydrogen) atoms. The van der Waals surface area contributed by atoms with E-state index in [1.807, 2.05) is 48.5 Å². The van der Waals surface area contributed by atoms with E-state index in [-0.39, 0.29) is 25.1 Å². The van der Waals surface area contributed by atoms with Crippen molar-refractivity contribution in [2.75, 3.05) is 14.2 Å². The number of halogens is 4. The number of ketones is 1. The van der Waals surface area contributed by atoms with E-state index in [0.29, 0.717) is 48.2 Å². The summed E-state index contributed by atoms with van der Waals surface area (Å²) in [6.07, 6.45) is 1.68. The summed E-state index contributed by atoms with van der Waals surface area (Å²) in [6, 6.07) is 22.0. The number of aliphatic hydroxyl groups is 1. The fraction of sp³-hybridized carbons (Fsp3) is 0.184. The zero-order valence-electron chi connectivity index (χ0n) is 31.4. The van der Waals surface area contributed by atoms with Gasteiger partial charge in [0.2, 0.25) is 11.6 Å². The molecular weight excluding hydrogens is 889 g/mol. The number of hydrogen-bond acceptors (Lipinski definition) is 12. The van der Waals surface area contributed by atoms with Crippen LogP contribution in [-0.4, -0.2) is 74.2 Å². The van der Waals surface area contributed by atoms with E-state index in [2.05, 4.69) is 30.4 Å². The Labute approximate surface area is 361 Å². The number of fused-ring (bicyclic) bond motifs is 2. The van der Waals surface area contributed by atoms with Crippen molar-refractivity contribution in [2.45, 2.75) is 19.6 Å². The summed E-state index contributed by atoms with van der Waals surface area (Å²) in [5.74, 6) is 0.266. The molecule has 4 aromatic heterocycles. The zero-order valence-corrected chi connectivity index (χ0v) is 35.6. The van der Waals surface area contributed by atoms with Crippen LogP contribution >= 0.6 is 46.4 Å². The van der Waals surface area contributed by atoms with E-state index in [4.69, 9.17) is 63.5 Å². The first-order valence-corrected chi connectivity index (χ1v) is 19.6. The number of aryl methyl sites for hydroxylation is 2. The van der Waals surface area contributed by atoms with Gasteiger partial charge in [0.15, 0.2) is 11.9 Å². The van der Waals surface area contributed by atoms with Gasteiger partial charge in [0.1, 0.15) is 42.8 Å². The first-order valence-electron chi connectivity index (χ1n) is 17.1. The van der Waals surface area contributed by atoms with Gasteiger partial charge in [-0.3, -0.25) is 14.2 Å². The van der Waals surface area contributed by atoms with E-state index in [0.717, 1.165) is 33.2 Å². The molecule has 4 aromatic carbocycles. The predicted molar refractivity (Wildman–Crippen MR) is 215 cm³/mol. The van der Waals surface area contributed by atoms with Crippen molar-refractivity contribution in [3.8, 4) is 22.3 Å². The quantitative estimate of drug-likeness (QED) is 0.105. The Morgan fingerprint density at radius 1 is 0.712 bits per heavy atom. The summed E-state index contributed by atoms with van der Waals surface area (Å²) < 4.78 is 33.1. The number of benzene rings is 4. The number of carbonyl (C=O) groups is 1. The minimum atomic E-state index is -1.44. The first-order chi connectivity index (χ1) is 28.4. The average Bonchev–Trinajstić information content (AvgIpc) is 4.00. The van der Waals surface area contributed by atoms with Gasteiger partial charge < -0.3 is 14.6 Å².